The van der Waals surface area contributed by atoms with Crippen LogP contribution in [0.1, 0.15) is 56.0 Å². The van der Waals surface area contributed by atoms with Gasteiger partial charge in [-0.2, -0.15) is 0 Å². The molecule has 1 aliphatic carbocycles. The zero-order valence-electron chi connectivity index (χ0n) is 12.7. The normalized spacial score (nSPS) is 22.6. The van der Waals surface area contributed by atoms with Crippen LogP contribution in [0.2, 0.25) is 0 Å². The molecule has 20 heavy (non-hydrogen) atoms. The lowest BCUT2D eigenvalue weighted by atomic mass is 9.82. The van der Waals surface area contributed by atoms with E-state index in [-0.39, 0.29) is 0 Å². The van der Waals surface area contributed by atoms with Crippen molar-refractivity contribution in [3.63, 3.8) is 0 Å². The van der Waals surface area contributed by atoms with Crippen LogP contribution in [0.3, 0.4) is 0 Å². The highest BCUT2D eigenvalue weighted by molar-refractivity contribution is 7.80. The molecule has 4 heteroatoms. The standard InChI is InChI=1S/C16H25N3S/c1-4-12-7-5-6-8-13(12)19-14-9-10(2)18-11(3)15(14)16(17)20/h9,12-13H,4-8H2,1-3H3,(H2,17,20)(H,18,19). The first-order chi connectivity index (χ1) is 9.52. The number of nitrogens with one attached hydrogen (secondary N) is 1. The summed E-state index contributed by atoms with van der Waals surface area (Å²) in [5.41, 5.74) is 9.79. The molecule has 3 N–H and O–H groups in total. The molecule has 1 heterocycles. The summed E-state index contributed by atoms with van der Waals surface area (Å²) < 4.78 is 0. The van der Waals surface area contributed by atoms with Crippen LogP contribution in [0.5, 0.6) is 0 Å². The summed E-state index contributed by atoms with van der Waals surface area (Å²) >= 11 is 5.20. The van der Waals surface area contributed by atoms with Crippen molar-refractivity contribution < 1.29 is 0 Å². The van der Waals surface area contributed by atoms with E-state index >= 15 is 0 Å². The van der Waals surface area contributed by atoms with Gasteiger partial charge in [0.25, 0.3) is 0 Å². The molecule has 0 spiro atoms. The van der Waals surface area contributed by atoms with Gasteiger partial charge >= 0.3 is 0 Å². The summed E-state index contributed by atoms with van der Waals surface area (Å²) in [7, 11) is 0. The molecule has 110 valence electrons. The molecule has 1 aromatic heterocycles. The monoisotopic (exact) mass is 291 g/mol. The van der Waals surface area contributed by atoms with Gasteiger partial charge in [0, 0.05) is 23.1 Å². The van der Waals surface area contributed by atoms with Gasteiger partial charge < -0.3 is 11.1 Å². The highest BCUT2D eigenvalue weighted by Gasteiger charge is 2.24. The molecule has 3 nitrogen and oxygen atoms in total. The molecular formula is C16H25N3S. The molecule has 1 saturated carbocycles. The number of aromatic nitrogens is 1. The van der Waals surface area contributed by atoms with Crippen LogP contribution in [-0.2, 0) is 0 Å². The fourth-order valence-electron chi connectivity index (χ4n) is 3.34. The molecule has 0 saturated heterocycles. The van der Waals surface area contributed by atoms with E-state index in [9.17, 15) is 0 Å². The first-order valence-electron chi connectivity index (χ1n) is 7.57. The Morgan fingerprint density at radius 1 is 1.40 bits per heavy atom. The van der Waals surface area contributed by atoms with E-state index in [1.165, 1.54) is 32.1 Å². The van der Waals surface area contributed by atoms with E-state index in [0.717, 1.165) is 28.6 Å². The lowest BCUT2D eigenvalue weighted by Gasteiger charge is -2.33. The van der Waals surface area contributed by atoms with Crippen molar-refractivity contribution in [1.82, 2.24) is 4.98 Å². The van der Waals surface area contributed by atoms with Gasteiger partial charge in [0.05, 0.1) is 5.56 Å². The number of aryl methyl sites for hydroxylation is 2. The smallest absolute Gasteiger partial charge is 0.107 e. The lowest BCUT2D eigenvalue weighted by Crippen LogP contribution is -2.33. The molecule has 1 aromatic rings. The Bertz CT molecular complexity index is 499. The van der Waals surface area contributed by atoms with Crippen molar-refractivity contribution in [2.24, 2.45) is 11.7 Å². The predicted molar refractivity (Wildman–Crippen MR) is 89.3 cm³/mol. The Morgan fingerprint density at radius 2 is 2.10 bits per heavy atom. The van der Waals surface area contributed by atoms with Crippen LogP contribution in [0, 0.1) is 19.8 Å². The van der Waals surface area contributed by atoms with Crippen molar-refractivity contribution in [3.05, 3.63) is 23.0 Å². The van der Waals surface area contributed by atoms with Gasteiger partial charge in [0.15, 0.2) is 0 Å². The first-order valence-corrected chi connectivity index (χ1v) is 7.98. The quantitative estimate of drug-likeness (QED) is 0.830. The summed E-state index contributed by atoms with van der Waals surface area (Å²) in [5, 5.41) is 3.71. The molecule has 1 fully saturated rings. The SMILES string of the molecule is CCC1CCCCC1Nc1cc(C)nc(C)c1C(N)=S. The molecule has 2 atom stereocenters. The minimum absolute atomic E-state index is 0.432. The van der Waals surface area contributed by atoms with Crippen molar-refractivity contribution in [3.8, 4) is 0 Å². The van der Waals surface area contributed by atoms with Gasteiger partial charge in [-0.3, -0.25) is 4.98 Å². The van der Waals surface area contributed by atoms with Crippen molar-refractivity contribution in [2.45, 2.75) is 58.9 Å². The number of hydrogen-bond donors (Lipinski definition) is 2. The number of thiocarbonyl (C=S) groups is 1. The topological polar surface area (TPSA) is 50.9 Å². The number of rotatable bonds is 4. The van der Waals surface area contributed by atoms with Crippen LogP contribution in [0.4, 0.5) is 5.69 Å². The van der Waals surface area contributed by atoms with Gasteiger partial charge in [0.2, 0.25) is 0 Å². The fraction of sp³-hybridized carbons (Fsp3) is 0.625. The fourth-order valence-corrected chi connectivity index (χ4v) is 3.60. The Hall–Kier alpha value is -1.16. The molecule has 0 radical (unpaired) electrons. The van der Waals surface area contributed by atoms with Crippen LogP contribution < -0.4 is 11.1 Å². The molecule has 1 aliphatic rings. The maximum absolute atomic E-state index is 5.89. The highest BCUT2D eigenvalue weighted by atomic mass is 32.1. The minimum Gasteiger partial charge on any atom is -0.389 e. The van der Waals surface area contributed by atoms with Gasteiger partial charge in [-0.25, -0.2) is 0 Å². The Labute approximate surface area is 127 Å². The summed E-state index contributed by atoms with van der Waals surface area (Å²) in [5.74, 6) is 0.747. The second-order valence-electron chi connectivity index (χ2n) is 5.84. The third-order valence-corrected chi connectivity index (χ3v) is 4.55. The maximum atomic E-state index is 5.89. The van der Waals surface area contributed by atoms with Crippen LogP contribution in [-0.4, -0.2) is 16.0 Å². The van der Waals surface area contributed by atoms with E-state index in [2.05, 4.69) is 23.3 Å². The van der Waals surface area contributed by atoms with E-state index in [1.807, 2.05) is 13.8 Å². The first kappa shape index (κ1) is 15.2. The number of anilines is 1. The van der Waals surface area contributed by atoms with E-state index in [1.54, 1.807) is 0 Å². The number of pyridine rings is 1. The Kier molecular flexibility index (Phi) is 4.97. The van der Waals surface area contributed by atoms with Gasteiger partial charge in [-0.05, 0) is 38.7 Å². The summed E-state index contributed by atoms with van der Waals surface area (Å²) in [6, 6.07) is 2.60. The molecule has 2 rings (SSSR count). The zero-order chi connectivity index (χ0) is 14.7. The van der Waals surface area contributed by atoms with Crippen molar-refractivity contribution in [2.75, 3.05) is 5.32 Å². The predicted octanol–water partition coefficient (Wildman–Crippen LogP) is 3.71. The van der Waals surface area contributed by atoms with Crippen molar-refractivity contribution in [1.29, 1.82) is 0 Å². The summed E-state index contributed by atoms with van der Waals surface area (Å²) in [6.07, 6.45) is 6.44. The van der Waals surface area contributed by atoms with E-state index in [0.29, 0.717) is 11.0 Å². The molecule has 0 amide bonds. The van der Waals surface area contributed by atoms with E-state index in [4.69, 9.17) is 18.0 Å². The highest BCUT2D eigenvalue weighted by Crippen LogP contribution is 2.31. The second-order valence-corrected chi connectivity index (χ2v) is 6.28. The molecule has 0 aliphatic heterocycles. The van der Waals surface area contributed by atoms with Crippen LogP contribution in [0.15, 0.2) is 6.07 Å². The van der Waals surface area contributed by atoms with Gasteiger partial charge in [-0.15, -0.1) is 0 Å². The molecule has 2 unspecified atom stereocenters. The van der Waals surface area contributed by atoms with Gasteiger partial charge in [-0.1, -0.05) is 38.4 Å². The van der Waals surface area contributed by atoms with Crippen LogP contribution >= 0.6 is 12.2 Å². The lowest BCUT2D eigenvalue weighted by molar-refractivity contribution is 0.317. The number of nitrogens with two attached hydrogens (primary N) is 1. The van der Waals surface area contributed by atoms with Crippen molar-refractivity contribution >= 4 is 22.9 Å². The minimum atomic E-state index is 0.432. The van der Waals surface area contributed by atoms with E-state index < -0.39 is 0 Å². The molecular weight excluding hydrogens is 266 g/mol. The second kappa shape index (κ2) is 6.53. The Morgan fingerprint density at radius 3 is 2.75 bits per heavy atom. The largest absolute Gasteiger partial charge is 0.389 e. The maximum Gasteiger partial charge on any atom is 0.107 e. The third kappa shape index (κ3) is 3.29. The zero-order valence-corrected chi connectivity index (χ0v) is 13.5. The Balaban J connectivity index is 2.30. The van der Waals surface area contributed by atoms with Crippen LogP contribution in [0.25, 0.3) is 0 Å². The number of hydrogen-bond acceptors (Lipinski definition) is 3. The average Bonchev–Trinajstić information content (AvgIpc) is 2.38. The third-order valence-electron chi connectivity index (χ3n) is 4.35. The molecule has 0 aromatic carbocycles. The summed E-state index contributed by atoms with van der Waals surface area (Å²) in [6.45, 7) is 6.27. The van der Waals surface area contributed by atoms with Gasteiger partial charge in [0.1, 0.15) is 4.99 Å². The summed E-state index contributed by atoms with van der Waals surface area (Å²) in [4.78, 5) is 4.91. The number of nitrogens with zero attached hydrogens (tertiary/aromatic N) is 1. The average molecular weight is 291 g/mol. The molecule has 0 bridgehead atoms.